The Labute approximate surface area is 130 Å². The van der Waals surface area contributed by atoms with Gasteiger partial charge in [0, 0.05) is 12.5 Å². The van der Waals surface area contributed by atoms with E-state index in [0.717, 1.165) is 22.0 Å². The highest BCUT2D eigenvalue weighted by atomic mass is 32.1. The molecule has 0 unspecified atom stereocenters. The molecule has 0 aliphatic carbocycles. The second-order valence-corrected chi connectivity index (χ2v) is 5.98. The first kappa shape index (κ1) is 16.3. The van der Waals surface area contributed by atoms with Gasteiger partial charge in [-0.3, -0.25) is 9.20 Å². The molecule has 0 saturated carbocycles. The molecular formula is C14H17N3O4S. The van der Waals surface area contributed by atoms with Gasteiger partial charge in [-0.1, -0.05) is 0 Å². The number of rotatable bonds is 3. The summed E-state index contributed by atoms with van der Waals surface area (Å²) in [5, 5.41) is 24.3. The van der Waals surface area contributed by atoms with Gasteiger partial charge in [0.05, 0.1) is 0 Å². The number of thiophene rings is 1. The maximum absolute atomic E-state index is 12.3. The Balaban J connectivity index is 0.000000847. The largest absolute Gasteiger partial charge is 0.400 e. The van der Waals surface area contributed by atoms with Gasteiger partial charge in [-0.05, 0) is 31.4 Å². The molecule has 0 amide bonds. The van der Waals surface area contributed by atoms with Crippen LogP contribution in [0.5, 0.6) is 0 Å². The van der Waals surface area contributed by atoms with Crippen molar-refractivity contribution < 1.29 is 15.0 Å². The molecule has 0 fully saturated rings. The minimum Gasteiger partial charge on any atom is -0.400 e. The van der Waals surface area contributed by atoms with Crippen LogP contribution in [0.2, 0.25) is 0 Å². The van der Waals surface area contributed by atoms with Gasteiger partial charge in [0.1, 0.15) is 28.8 Å². The summed E-state index contributed by atoms with van der Waals surface area (Å²) < 4.78 is 2.75. The summed E-state index contributed by atoms with van der Waals surface area (Å²) in [5.74, 6) is 0.339. The van der Waals surface area contributed by atoms with E-state index in [4.69, 9.17) is 5.11 Å². The van der Waals surface area contributed by atoms with Crippen LogP contribution in [0.25, 0.3) is 15.7 Å². The van der Waals surface area contributed by atoms with Crippen molar-refractivity contribution in [2.24, 2.45) is 0 Å². The van der Waals surface area contributed by atoms with Crippen LogP contribution >= 0.6 is 11.3 Å². The quantitative estimate of drug-likeness (QED) is 0.693. The summed E-state index contributed by atoms with van der Waals surface area (Å²) in [6.45, 7) is 3.07. The molecule has 22 heavy (non-hydrogen) atoms. The minimum absolute atomic E-state index is 0.128. The predicted octanol–water partition coefficient (Wildman–Crippen LogP) is 0.746. The molecule has 2 N–H and O–H groups in total. The fourth-order valence-electron chi connectivity index (χ4n) is 2.22. The average molecular weight is 323 g/mol. The molecule has 3 aromatic rings. The monoisotopic (exact) mass is 323 g/mol. The number of fused-ring (bicyclic) bond motifs is 3. The van der Waals surface area contributed by atoms with Crippen molar-refractivity contribution in [3.8, 4) is 0 Å². The molecule has 0 aromatic carbocycles. The molecule has 3 rings (SSSR count). The zero-order valence-electron chi connectivity index (χ0n) is 12.5. The summed E-state index contributed by atoms with van der Waals surface area (Å²) in [6, 6.07) is 3.66. The van der Waals surface area contributed by atoms with E-state index in [1.54, 1.807) is 24.3 Å². The number of hydrogen-bond acceptors (Lipinski definition) is 6. The molecule has 8 heteroatoms. The summed E-state index contributed by atoms with van der Waals surface area (Å²) in [4.78, 5) is 23.8. The second-order valence-electron chi connectivity index (χ2n) is 5.08. The maximum atomic E-state index is 12.3. The fraction of sp³-hybridized carbons (Fsp3) is 0.357. The van der Waals surface area contributed by atoms with Crippen molar-refractivity contribution in [2.75, 3.05) is 7.11 Å². The van der Waals surface area contributed by atoms with Crippen LogP contribution in [0.4, 0.5) is 0 Å². The van der Waals surface area contributed by atoms with Crippen molar-refractivity contribution in [1.82, 2.24) is 14.2 Å². The van der Waals surface area contributed by atoms with Crippen molar-refractivity contribution >= 4 is 33.4 Å². The standard InChI is InChI=1S/C13H13N3O3S.CH4O/c1-13(2,19)12-14-15(4-5-17)10(18)9-7-8-3-6-20-11(8)16(9)12;1-2/h3,5-7,19H,4H2,1-2H3;2H,1H3. The number of nitrogens with zero attached hydrogens (tertiary/aromatic N) is 3. The zero-order chi connectivity index (χ0) is 16.5. The van der Waals surface area contributed by atoms with E-state index in [1.165, 1.54) is 11.3 Å². The lowest BCUT2D eigenvalue weighted by molar-refractivity contribution is -0.108. The van der Waals surface area contributed by atoms with Crippen LogP contribution in [-0.4, -0.2) is 37.8 Å². The fourth-order valence-corrected chi connectivity index (χ4v) is 3.12. The summed E-state index contributed by atoms with van der Waals surface area (Å²) in [5.41, 5.74) is -1.15. The first-order chi connectivity index (χ1) is 10.4. The molecule has 0 aliphatic heterocycles. The molecular weight excluding hydrogens is 306 g/mol. The van der Waals surface area contributed by atoms with Crippen molar-refractivity contribution in [3.05, 3.63) is 33.7 Å². The average Bonchev–Trinajstić information content (AvgIpc) is 3.04. The third kappa shape index (κ3) is 2.56. The number of hydrogen-bond donors (Lipinski definition) is 2. The second kappa shape index (κ2) is 5.99. The Bertz CT molecular complexity index is 870. The Morgan fingerprint density at radius 2 is 2.09 bits per heavy atom. The van der Waals surface area contributed by atoms with Crippen molar-refractivity contribution in [3.63, 3.8) is 0 Å². The van der Waals surface area contributed by atoms with Gasteiger partial charge in [0.25, 0.3) is 5.56 Å². The van der Waals surface area contributed by atoms with Crippen LogP contribution in [0.1, 0.15) is 19.7 Å². The van der Waals surface area contributed by atoms with Gasteiger partial charge in [-0.2, -0.15) is 5.10 Å². The highest BCUT2D eigenvalue weighted by molar-refractivity contribution is 7.16. The van der Waals surface area contributed by atoms with Gasteiger partial charge in [-0.25, -0.2) is 4.68 Å². The van der Waals surface area contributed by atoms with Crippen LogP contribution in [0.15, 0.2) is 22.3 Å². The number of carbonyl (C=O) groups excluding carboxylic acids is 1. The molecule has 0 saturated heterocycles. The van der Waals surface area contributed by atoms with E-state index in [9.17, 15) is 14.7 Å². The number of aliphatic hydroxyl groups excluding tert-OH is 1. The smallest absolute Gasteiger partial charge is 0.291 e. The highest BCUT2D eigenvalue weighted by Gasteiger charge is 2.25. The molecule has 0 radical (unpaired) electrons. The molecule has 7 nitrogen and oxygen atoms in total. The van der Waals surface area contributed by atoms with Crippen LogP contribution < -0.4 is 5.56 Å². The molecule has 0 bridgehead atoms. The Hall–Kier alpha value is -2.03. The SMILES string of the molecule is CC(C)(O)c1nn(CC=O)c(=O)c2cc3ccsc3n12.CO. The lowest BCUT2D eigenvalue weighted by atomic mass is 10.1. The maximum Gasteiger partial charge on any atom is 0.291 e. The molecule has 3 heterocycles. The van der Waals surface area contributed by atoms with E-state index in [-0.39, 0.29) is 12.1 Å². The Kier molecular flexibility index (Phi) is 4.45. The van der Waals surface area contributed by atoms with Gasteiger partial charge in [-0.15, -0.1) is 11.3 Å². The van der Waals surface area contributed by atoms with Gasteiger partial charge in [0.2, 0.25) is 0 Å². The molecule has 0 aliphatic rings. The number of aldehydes is 1. The molecule has 0 atom stereocenters. The van der Waals surface area contributed by atoms with Gasteiger partial charge < -0.3 is 15.0 Å². The third-order valence-electron chi connectivity index (χ3n) is 3.09. The first-order valence-electron chi connectivity index (χ1n) is 6.54. The number of carbonyl (C=O) groups is 1. The van der Waals surface area contributed by atoms with Gasteiger partial charge >= 0.3 is 0 Å². The highest BCUT2D eigenvalue weighted by Crippen LogP contribution is 2.28. The van der Waals surface area contributed by atoms with E-state index in [0.29, 0.717) is 17.6 Å². The first-order valence-corrected chi connectivity index (χ1v) is 7.42. The lowest BCUT2D eigenvalue weighted by Gasteiger charge is -2.19. The normalized spacial score (nSPS) is 11.5. The minimum atomic E-state index is -1.23. The zero-order valence-corrected chi connectivity index (χ0v) is 13.3. The van der Waals surface area contributed by atoms with Crippen molar-refractivity contribution in [2.45, 2.75) is 26.0 Å². The topological polar surface area (TPSA) is 96.8 Å². The van der Waals surface area contributed by atoms with Crippen LogP contribution in [0, 0.1) is 0 Å². The molecule has 118 valence electrons. The number of aliphatic hydroxyl groups is 2. The summed E-state index contributed by atoms with van der Waals surface area (Å²) in [6.07, 6.45) is 0.615. The van der Waals surface area contributed by atoms with E-state index < -0.39 is 5.60 Å². The molecule has 3 aromatic heterocycles. The Morgan fingerprint density at radius 3 is 2.68 bits per heavy atom. The summed E-state index contributed by atoms with van der Waals surface area (Å²) >= 11 is 1.48. The third-order valence-corrected chi connectivity index (χ3v) is 4.00. The molecule has 0 spiro atoms. The van der Waals surface area contributed by atoms with E-state index in [1.807, 2.05) is 11.4 Å². The van der Waals surface area contributed by atoms with Crippen LogP contribution in [-0.2, 0) is 16.9 Å². The van der Waals surface area contributed by atoms with Crippen molar-refractivity contribution in [1.29, 1.82) is 0 Å². The summed E-state index contributed by atoms with van der Waals surface area (Å²) in [7, 11) is 1.00. The number of aromatic nitrogens is 3. The lowest BCUT2D eigenvalue weighted by Crippen LogP contribution is -2.32. The van der Waals surface area contributed by atoms with E-state index >= 15 is 0 Å². The Morgan fingerprint density at radius 1 is 1.41 bits per heavy atom. The van der Waals surface area contributed by atoms with E-state index in [2.05, 4.69) is 5.10 Å². The van der Waals surface area contributed by atoms with Crippen LogP contribution in [0.3, 0.4) is 0 Å². The predicted molar refractivity (Wildman–Crippen MR) is 84.3 cm³/mol. The van der Waals surface area contributed by atoms with Gasteiger partial charge in [0.15, 0.2) is 5.82 Å².